The van der Waals surface area contributed by atoms with Gasteiger partial charge in [0.15, 0.2) is 0 Å². The van der Waals surface area contributed by atoms with Crippen molar-refractivity contribution in [2.75, 3.05) is 13.2 Å². The maximum atomic E-state index is 11.3. The zero-order valence-electron chi connectivity index (χ0n) is 13.1. The summed E-state index contributed by atoms with van der Waals surface area (Å²) in [4.78, 5) is 13.6. The van der Waals surface area contributed by atoms with Gasteiger partial charge in [0.25, 0.3) is 0 Å². The zero-order chi connectivity index (χ0) is 14.7. The fraction of sp³-hybridized carbons (Fsp3) is 0.941. The fourth-order valence-corrected chi connectivity index (χ4v) is 4.78. The van der Waals surface area contributed by atoms with Gasteiger partial charge in [0, 0.05) is 18.7 Å². The van der Waals surface area contributed by atoms with Gasteiger partial charge in [-0.1, -0.05) is 32.1 Å². The van der Waals surface area contributed by atoms with E-state index in [4.69, 9.17) is 4.74 Å². The van der Waals surface area contributed by atoms with Gasteiger partial charge in [0.05, 0.1) is 12.1 Å². The van der Waals surface area contributed by atoms with Crippen molar-refractivity contribution in [3.8, 4) is 0 Å². The number of carboxylic acid groups (broad SMARTS) is 1. The summed E-state index contributed by atoms with van der Waals surface area (Å²) in [7, 11) is 0. The summed E-state index contributed by atoms with van der Waals surface area (Å²) in [6.07, 6.45) is 13.2. The lowest BCUT2D eigenvalue weighted by molar-refractivity contribution is -0.147. The molecule has 0 aromatic carbocycles. The van der Waals surface area contributed by atoms with E-state index in [-0.39, 0.29) is 12.1 Å². The van der Waals surface area contributed by atoms with Crippen molar-refractivity contribution < 1.29 is 14.6 Å². The highest BCUT2D eigenvalue weighted by atomic mass is 16.5. The van der Waals surface area contributed by atoms with Crippen molar-refractivity contribution in [1.29, 1.82) is 0 Å². The molecular weight excluding hydrogens is 266 g/mol. The molecule has 120 valence electrons. The van der Waals surface area contributed by atoms with Gasteiger partial charge in [-0.15, -0.1) is 0 Å². The van der Waals surface area contributed by atoms with Crippen LogP contribution in [0.3, 0.4) is 0 Å². The smallest absolute Gasteiger partial charge is 0.317 e. The van der Waals surface area contributed by atoms with E-state index in [1.165, 1.54) is 57.8 Å². The summed E-state index contributed by atoms with van der Waals surface area (Å²) in [5.74, 6) is -0.675. The topological polar surface area (TPSA) is 49.8 Å². The van der Waals surface area contributed by atoms with Crippen molar-refractivity contribution in [2.24, 2.45) is 0 Å². The van der Waals surface area contributed by atoms with Gasteiger partial charge in [-0.3, -0.25) is 9.69 Å². The van der Waals surface area contributed by atoms with Crippen LogP contribution in [0.1, 0.15) is 70.6 Å². The molecule has 0 aromatic rings. The van der Waals surface area contributed by atoms with Crippen LogP contribution in [0.2, 0.25) is 0 Å². The predicted molar refractivity (Wildman–Crippen MR) is 81.4 cm³/mol. The molecule has 4 nitrogen and oxygen atoms in total. The third-order valence-electron chi connectivity index (χ3n) is 5.81. The molecule has 1 unspecified atom stereocenters. The second kappa shape index (κ2) is 6.66. The highest BCUT2D eigenvalue weighted by Gasteiger charge is 2.42. The van der Waals surface area contributed by atoms with Crippen molar-refractivity contribution in [1.82, 2.24) is 4.90 Å². The maximum Gasteiger partial charge on any atom is 0.317 e. The highest BCUT2D eigenvalue weighted by Crippen LogP contribution is 2.41. The largest absolute Gasteiger partial charge is 0.480 e. The Morgan fingerprint density at radius 3 is 2.43 bits per heavy atom. The standard InChI is InChI=1S/C17H29NO3/c19-16(20)13-18(14-6-2-3-7-14)15-8-11-21-17(12-15)9-4-1-5-10-17/h14-15H,1-13H2,(H,19,20). The van der Waals surface area contributed by atoms with Crippen LogP contribution in [0, 0.1) is 0 Å². The number of hydrogen-bond donors (Lipinski definition) is 1. The molecule has 1 atom stereocenters. The molecule has 1 spiro atoms. The normalized spacial score (nSPS) is 30.0. The van der Waals surface area contributed by atoms with E-state index in [2.05, 4.69) is 4.90 Å². The van der Waals surface area contributed by atoms with E-state index in [0.29, 0.717) is 12.1 Å². The molecule has 1 aliphatic heterocycles. The number of ether oxygens (including phenoxy) is 1. The molecule has 2 saturated carbocycles. The minimum atomic E-state index is -0.675. The number of carboxylic acids is 1. The van der Waals surface area contributed by atoms with Gasteiger partial charge in [0.1, 0.15) is 0 Å². The third kappa shape index (κ3) is 3.59. The molecule has 3 fully saturated rings. The van der Waals surface area contributed by atoms with Crippen LogP contribution in [0.15, 0.2) is 0 Å². The Hall–Kier alpha value is -0.610. The molecular formula is C17H29NO3. The first-order chi connectivity index (χ1) is 10.2. The number of carbonyl (C=O) groups is 1. The number of rotatable bonds is 4. The van der Waals surface area contributed by atoms with Crippen molar-refractivity contribution >= 4 is 5.97 Å². The molecule has 4 heteroatoms. The van der Waals surface area contributed by atoms with Crippen LogP contribution in [0.25, 0.3) is 0 Å². The van der Waals surface area contributed by atoms with E-state index >= 15 is 0 Å². The monoisotopic (exact) mass is 295 g/mol. The van der Waals surface area contributed by atoms with E-state index in [1.54, 1.807) is 0 Å². The Balaban J connectivity index is 1.70. The summed E-state index contributed by atoms with van der Waals surface area (Å²) in [6, 6.07) is 0.904. The highest BCUT2D eigenvalue weighted by molar-refractivity contribution is 5.69. The molecule has 21 heavy (non-hydrogen) atoms. The van der Waals surface area contributed by atoms with E-state index in [9.17, 15) is 9.90 Å². The summed E-state index contributed by atoms with van der Waals surface area (Å²) in [5.41, 5.74) is 0.0660. The molecule has 1 saturated heterocycles. The summed E-state index contributed by atoms with van der Waals surface area (Å²) in [6.45, 7) is 1.03. The Morgan fingerprint density at radius 2 is 1.76 bits per heavy atom. The number of hydrogen-bond acceptors (Lipinski definition) is 3. The SMILES string of the molecule is O=C(O)CN(C1CCCC1)C1CCOC2(CCCCC2)C1. The molecule has 3 rings (SSSR count). The van der Waals surface area contributed by atoms with Gasteiger partial charge < -0.3 is 9.84 Å². The predicted octanol–water partition coefficient (Wildman–Crippen LogP) is 3.20. The number of aliphatic carboxylic acids is 1. The zero-order valence-corrected chi connectivity index (χ0v) is 13.1. The lowest BCUT2D eigenvalue weighted by Gasteiger charge is -2.47. The van der Waals surface area contributed by atoms with Crippen molar-refractivity contribution in [2.45, 2.75) is 88.3 Å². The van der Waals surface area contributed by atoms with Crippen LogP contribution in [0.4, 0.5) is 0 Å². The second-order valence-corrected chi connectivity index (χ2v) is 7.24. The molecule has 2 aliphatic carbocycles. The lowest BCUT2D eigenvalue weighted by atomic mass is 9.77. The van der Waals surface area contributed by atoms with E-state index in [0.717, 1.165) is 19.4 Å². The fourth-order valence-electron chi connectivity index (χ4n) is 4.78. The first-order valence-corrected chi connectivity index (χ1v) is 8.80. The van der Waals surface area contributed by atoms with Crippen LogP contribution in [-0.2, 0) is 9.53 Å². The van der Waals surface area contributed by atoms with Crippen molar-refractivity contribution in [3.05, 3.63) is 0 Å². The van der Waals surface area contributed by atoms with Crippen LogP contribution >= 0.6 is 0 Å². The maximum absolute atomic E-state index is 11.3. The molecule has 0 bridgehead atoms. The van der Waals surface area contributed by atoms with Gasteiger partial charge in [-0.05, 0) is 38.5 Å². The molecule has 0 aromatic heterocycles. The average Bonchev–Trinajstić information content (AvgIpc) is 2.99. The Bertz CT molecular complexity index is 354. The third-order valence-corrected chi connectivity index (χ3v) is 5.81. The number of nitrogens with zero attached hydrogens (tertiary/aromatic N) is 1. The van der Waals surface area contributed by atoms with E-state index in [1.807, 2.05) is 0 Å². The first-order valence-electron chi connectivity index (χ1n) is 8.80. The van der Waals surface area contributed by atoms with Gasteiger partial charge >= 0.3 is 5.97 Å². The first kappa shape index (κ1) is 15.3. The molecule has 1 heterocycles. The van der Waals surface area contributed by atoms with Gasteiger partial charge in [-0.2, -0.15) is 0 Å². The summed E-state index contributed by atoms with van der Waals surface area (Å²) in [5, 5.41) is 9.30. The second-order valence-electron chi connectivity index (χ2n) is 7.24. The quantitative estimate of drug-likeness (QED) is 0.865. The van der Waals surface area contributed by atoms with Crippen LogP contribution < -0.4 is 0 Å². The molecule has 0 radical (unpaired) electrons. The Kier molecular flexibility index (Phi) is 4.85. The van der Waals surface area contributed by atoms with Gasteiger partial charge in [0.2, 0.25) is 0 Å². The molecule has 0 amide bonds. The van der Waals surface area contributed by atoms with Gasteiger partial charge in [-0.25, -0.2) is 0 Å². The minimum Gasteiger partial charge on any atom is -0.480 e. The Morgan fingerprint density at radius 1 is 1.05 bits per heavy atom. The average molecular weight is 295 g/mol. The Labute approximate surface area is 127 Å². The summed E-state index contributed by atoms with van der Waals surface area (Å²) >= 11 is 0. The van der Waals surface area contributed by atoms with Crippen LogP contribution in [-0.4, -0.2) is 46.8 Å². The van der Waals surface area contributed by atoms with E-state index < -0.39 is 5.97 Å². The van der Waals surface area contributed by atoms with Crippen LogP contribution in [0.5, 0.6) is 0 Å². The van der Waals surface area contributed by atoms with Crippen molar-refractivity contribution in [3.63, 3.8) is 0 Å². The minimum absolute atomic E-state index is 0.0660. The molecule has 1 N–H and O–H groups in total. The molecule has 3 aliphatic rings. The summed E-state index contributed by atoms with van der Waals surface area (Å²) < 4.78 is 6.18. The lowest BCUT2D eigenvalue weighted by Crippen LogP contribution is -2.53.